The highest BCUT2D eigenvalue weighted by molar-refractivity contribution is 5.79. The molecule has 24 heavy (non-hydrogen) atoms. The normalized spacial score (nSPS) is 11.3. The molecule has 0 amide bonds. The molecule has 0 atom stereocenters. The van der Waals surface area contributed by atoms with Gasteiger partial charge in [-0.25, -0.2) is 4.98 Å². The van der Waals surface area contributed by atoms with Crippen molar-refractivity contribution in [2.45, 2.75) is 25.9 Å². The second kappa shape index (κ2) is 9.55. The van der Waals surface area contributed by atoms with E-state index in [4.69, 9.17) is 0 Å². The number of allylic oxidation sites excluding steroid dienone is 1. The largest absolute Gasteiger partial charge is 0.352 e. The van der Waals surface area contributed by atoms with Gasteiger partial charge in [-0.3, -0.25) is 4.99 Å². The molecule has 0 aliphatic heterocycles. The zero-order valence-corrected chi connectivity index (χ0v) is 14.7. The zero-order chi connectivity index (χ0) is 17.2. The Morgan fingerprint density at radius 2 is 2.08 bits per heavy atom. The fourth-order valence-corrected chi connectivity index (χ4v) is 2.50. The van der Waals surface area contributed by atoms with Gasteiger partial charge in [-0.15, -0.1) is 6.58 Å². The molecule has 5 heteroatoms. The van der Waals surface area contributed by atoms with E-state index in [1.54, 1.807) is 6.20 Å². The van der Waals surface area contributed by atoms with Crippen molar-refractivity contribution in [2.24, 2.45) is 4.99 Å². The second-order valence-electron chi connectivity index (χ2n) is 5.80. The van der Waals surface area contributed by atoms with Crippen LogP contribution in [0.1, 0.15) is 24.0 Å². The summed E-state index contributed by atoms with van der Waals surface area (Å²) in [5, 5.41) is 3.41. The number of unbranched alkanes of at least 4 members (excludes halogenated alkanes) is 1. The van der Waals surface area contributed by atoms with Gasteiger partial charge in [-0.1, -0.05) is 30.3 Å². The Labute approximate surface area is 144 Å². The lowest BCUT2D eigenvalue weighted by Crippen LogP contribution is -2.38. The number of nitrogens with one attached hydrogen (secondary N) is 1. The van der Waals surface area contributed by atoms with Crippen LogP contribution in [-0.2, 0) is 13.1 Å². The number of nitrogens with zero attached hydrogens (tertiary/aromatic N) is 4. The molecule has 0 radical (unpaired) electrons. The van der Waals surface area contributed by atoms with Crippen LogP contribution in [0, 0.1) is 0 Å². The number of hydrogen-bond acceptors (Lipinski definition) is 2. The van der Waals surface area contributed by atoms with Crippen LogP contribution in [0.3, 0.4) is 0 Å². The average molecular weight is 325 g/mol. The zero-order valence-electron chi connectivity index (χ0n) is 14.7. The number of aromatic nitrogens is 2. The fourth-order valence-electron chi connectivity index (χ4n) is 2.50. The van der Waals surface area contributed by atoms with Gasteiger partial charge in [0.2, 0.25) is 0 Å². The molecule has 128 valence electrons. The van der Waals surface area contributed by atoms with Crippen LogP contribution < -0.4 is 5.32 Å². The maximum Gasteiger partial charge on any atom is 0.193 e. The van der Waals surface area contributed by atoms with Crippen LogP contribution in [-0.4, -0.2) is 41.1 Å². The van der Waals surface area contributed by atoms with Gasteiger partial charge >= 0.3 is 0 Å². The number of benzene rings is 1. The molecule has 0 bridgehead atoms. The third-order valence-corrected chi connectivity index (χ3v) is 3.87. The van der Waals surface area contributed by atoms with Gasteiger partial charge < -0.3 is 14.8 Å². The molecule has 0 spiro atoms. The van der Waals surface area contributed by atoms with E-state index in [1.807, 2.05) is 25.6 Å². The van der Waals surface area contributed by atoms with Crippen molar-refractivity contribution < 1.29 is 0 Å². The van der Waals surface area contributed by atoms with Crippen molar-refractivity contribution in [3.8, 4) is 0 Å². The van der Waals surface area contributed by atoms with E-state index in [-0.39, 0.29) is 0 Å². The first kappa shape index (κ1) is 17.8. The lowest BCUT2D eigenvalue weighted by molar-refractivity contribution is 0.470. The van der Waals surface area contributed by atoms with Gasteiger partial charge in [0.15, 0.2) is 5.96 Å². The average Bonchev–Trinajstić information content (AvgIpc) is 3.10. The van der Waals surface area contributed by atoms with E-state index in [9.17, 15) is 0 Å². The third kappa shape index (κ3) is 5.57. The Kier molecular flexibility index (Phi) is 7.08. The van der Waals surface area contributed by atoms with E-state index in [2.05, 4.69) is 62.7 Å². The van der Waals surface area contributed by atoms with Crippen molar-refractivity contribution in [3.63, 3.8) is 0 Å². The molecular formula is C19H27N5. The first-order valence-electron chi connectivity index (χ1n) is 8.29. The quantitative estimate of drug-likeness (QED) is 0.351. The highest BCUT2D eigenvalue weighted by Crippen LogP contribution is 2.06. The summed E-state index contributed by atoms with van der Waals surface area (Å²) < 4.78 is 2.06. The molecule has 0 unspecified atom stereocenters. The number of guanidine groups is 1. The third-order valence-electron chi connectivity index (χ3n) is 3.87. The van der Waals surface area contributed by atoms with Crippen LogP contribution in [0.4, 0.5) is 0 Å². The molecule has 1 aromatic heterocycles. The summed E-state index contributed by atoms with van der Waals surface area (Å²) in [7, 11) is 3.88. The van der Waals surface area contributed by atoms with Crippen LogP contribution in [0.15, 0.2) is 60.6 Å². The monoisotopic (exact) mass is 325 g/mol. The fraction of sp³-hybridized carbons (Fsp3) is 0.368. The van der Waals surface area contributed by atoms with Gasteiger partial charge in [0.1, 0.15) is 0 Å². The van der Waals surface area contributed by atoms with Gasteiger partial charge in [-0.2, -0.15) is 0 Å². The number of hydrogen-bond donors (Lipinski definition) is 1. The highest BCUT2D eigenvalue weighted by Gasteiger charge is 2.05. The summed E-state index contributed by atoms with van der Waals surface area (Å²) in [5.74, 6) is 0.918. The van der Waals surface area contributed by atoms with Gasteiger partial charge in [0.25, 0.3) is 0 Å². The maximum atomic E-state index is 4.34. The molecule has 1 heterocycles. The first-order chi connectivity index (χ1) is 11.7. The van der Waals surface area contributed by atoms with Crippen molar-refractivity contribution in [1.29, 1.82) is 0 Å². The molecule has 2 rings (SSSR count). The number of rotatable bonds is 8. The molecule has 0 fully saturated rings. The van der Waals surface area contributed by atoms with Crippen molar-refractivity contribution in [1.82, 2.24) is 19.8 Å². The smallest absolute Gasteiger partial charge is 0.193 e. The lowest BCUT2D eigenvalue weighted by atomic mass is 10.1. The van der Waals surface area contributed by atoms with E-state index >= 15 is 0 Å². The Bertz CT molecular complexity index is 628. The Balaban J connectivity index is 1.83. The van der Waals surface area contributed by atoms with Crippen LogP contribution in [0.2, 0.25) is 0 Å². The number of aliphatic imine (C=N–C) groups is 1. The summed E-state index contributed by atoms with van der Waals surface area (Å²) in [4.78, 5) is 10.6. The van der Waals surface area contributed by atoms with Crippen molar-refractivity contribution in [2.75, 3.05) is 20.6 Å². The Hall–Kier alpha value is -2.56. The maximum absolute atomic E-state index is 4.34. The standard InChI is InChI=1S/C19H27N5/c1-4-5-6-12-23(3)19(20-2)22-14-17-7-9-18(10-8-17)15-24-13-11-21-16-24/h4,7-11,13,16H,1,5-6,12,14-15H2,2-3H3,(H,20,22). The highest BCUT2D eigenvalue weighted by atomic mass is 15.3. The summed E-state index contributed by atoms with van der Waals surface area (Å²) in [5.41, 5.74) is 2.51. The van der Waals surface area contributed by atoms with Crippen LogP contribution in [0.5, 0.6) is 0 Å². The van der Waals surface area contributed by atoms with Gasteiger partial charge in [0.05, 0.1) is 6.33 Å². The van der Waals surface area contributed by atoms with Crippen molar-refractivity contribution >= 4 is 5.96 Å². The topological polar surface area (TPSA) is 45.5 Å². The number of imidazole rings is 1. The Morgan fingerprint density at radius 1 is 1.33 bits per heavy atom. The molecule has 0 saturated heterocycles. The van der Waals surface area contributed by atoms with Gasteiger partial charge in [-0.05, 0) is 24.0 Å². The lowest BCUT2D eigenvalue weighted by Gasteiger charge is -2.22. The minimum Gasteiger partial charge on any atom is -0.352 e. The summed E-state index contributed by atoms with van der Waals surface area (Å²) >= 11 is 0. The van der Waals surface area contributed by atoms with Crippen molar-refractivity contribution in [3.05, 3.63) is 66.8 Å². The molecule has 5 nitrogen and oxygen atoms in total. The predicted molar refractivity (Wildman–Crippen MR) is 100 cm³/mol. The van der Waals surface area contributed by atoms with Crippen LogP contribution >= 0.6 is 0 Å². The minimum atomic E-state index is 0.768. The minimum absolute atomic E-state index is 0.768. The molecule has 0 saturated carbocycles. The molecule has 2 aromatic rings. The predicted octanol–water partition coefficient (Wildman–Crippen LogP) is 2.90. The second-order valence-corrected chi connectivity index (χ2v) is 5.80. The molecule has 0 aliphatic rings. The summed E-state index contributed by atoms with van der Waals surface area (Å²) in [6, 6.07) is 8.63. The SMILES string of the molecule is C=CCCCN(C)C(=NC)NCc1ccc(Cn2ccnc2)cc1. The van der Waals surface area contributed by atoms with E-state index < -0.39 is 0 Å². The van der Waals surface area contributed by atoms with Crippen LogP contribution in [0.25, 0.3) is 0 Å². The molecule has 1 N–H and O–H groups in total. The summed E-state index contributed by atoms with van der Waals surface area (Å²) in [6.07, 6.45) is 9.68. The molecule has 0 aliphatic carbocycles. The first-order valence-corrected chi connectivity index (χ1v) is 8.29. The molecular weight excluding hydrogens is 298 g/mol. The van der Waals surface area contributed by atoms with Gasteiger partial charge in [0, 0.05) is 46.1 Å². The van der Waals surface area contributed by atoms with E-state index in [0.29, 0.717) is 0 Å². The van der Waals surface area contributed by atoms with E-state index in [1.165, 1.54) is 11.1 Å². The molecule has 1 aromatic carbocycles. The Morgan fingerprint density at radius 3 is 2.71 bits per heavy atom. The van der Waals surface area contributed by atoms with E-state index in [0.717, 1.165) is 38.4 Å². The summed E-state index contributed by atoms with van der Waals surface area (Å²) in [6.45, 7) is 6.34.